The van der Waals surface area contributed by atoms with Gasteiger partial charge in [0.25, 0.3) is 6.43 Å². The number of hydrogen-bond acceptors (Lipinski definition) is 3. The summed E-state index contributed by atoms with van der Waals surface area (Å²) in [5.41, 5.74) is -1.57. The number of nitrogens with zero attached hydrogens (tertiary/aromatic N) is 2. The Hall–Kier alpha value is -1.54. The van der Waals surface area contributed by atoms with Crippen molar-refractivity contribution >= 4 is 17.9 Å². The molecule has 0 aromatic carbocycles. The third-order valence-corrected chi connectivity index (χ3v) is 1.83. The Morgan fingerprint density at radius 2 is 2.29 bits per heavy atom. The molecule has 1 heterocycles. The van der Waals surface area contributed by atoms with Crippen LogP contribution >= 0.6 is 11.6 Å². The molecule has 0 N–H and O–H groups in total. The largest absolute Gasteiger partial charge is 0.296 e. The van der Waals surface area contributed by atoms with E-state index in [2.05, 4.69) is 4.98 Å². The lowest BCUT2D eigenvalue weighted by atomic mass is 10.1. The lowest BCUT2D eigenvalue weighted by Crippen LogP contribution is -2.01. The first-order chi connectivity index (χ1) is 6.61. The van der Waals surface area contributed by atoms with E-state index >= 15 is 0 Å². The highest BCUT2D eigenvalue weighted by Gasteiger charge is 2.21. The van der Waals surface area contributed by atoms with Crippen LogP contribution in [0.5, 0.6) is 0 Å². The van der Waals surface area contributed by atoms with Crippen LogP contribution in [0, 0.1) is 11.3 Å². The first-order valence-electron chi connectivity index (χ1n) is 3.43. The Morgan fingerprint density at radius 1 is 1.64 bits per heavy atom. The fourth-order valence-corrected chi connectivity index (χ4v) is 1.14. The number of halogens is 3. The number of aromatic nitrogens is 1. The van der Waals surface area contributed by atoms with Crippen LogP contribution in [0.4, 0.5) is 8.78 Å². The van der Waals surface area contributed by atoms with Gasteiger partial charge in [-0.15, -0.1) is 0 Å². The molecule has 0 aliphatic heterocycles. The minimum absolute atomic E-state index is 0.165. The number of carbonyl (C=O) groups excluding carboxylic acids is 1. The van der Waals surface area contributed by atoms with Gasteiger partial charge in [-0.3, -0.25) is 9.78 Å². The number of hydrogen-bond donors (Lipinski definition) is 0. The zero-order valence-corrected chi connectivity index (χ0v) is 7.42. The van der Waals surface area contributed by atoms with E-state index in [1.807, 2.05) is 0 Å². The molecule has 0 spiro atoms. The zero-order valence-electron chi connectivity index (χ0n) is 6.67. The SMILES string of the molecule is N#Cc1c(Cl)cnc(C=O)c1C(F)F. The molecule has 3 nitrogen and oxygen atoms in total. The van der Waals surface area contributed by atoms with Crippen LogP contribution in [0.3, 0.4) is 0 Å². The maximum absolute atomic E-state index is 12.4. The highest BCUT2D eigenvalue weighted by atomic mass is 35.5. The zero-order chi connectivity index (χ0) is 10.7. The summed E-state index contributed by atoms with van der Waals surface area (Å²) in [4.78, 5) is 13.8. The number of carbonyl (C=O) groups is 1. The standard InChI is InChI=1S/C8H3ClF2N2O/c9-5-2-13-6(3-14)7(8(10)11)4(5)1-12/h2-3,8H. The second kappa shape index (κ2) is 4.11. The molecule has 0 amide bonds. The summed E-state index contributed by atoms with van der Waals surface area (Å²) in [6, 6.07) is 1.51. The van der Waals surface area contributed by atoms with E-state index in [-0.39, 0.29) is 11.3 Å². The van der Waals surface area contributed by atoms with Gasteiger partial charge in [-0.05, 0) is 0 Å². The third kappa shape index (κ3) is 1.70. The van der Waals surface area contributed by atoms with Gasteiger partial charge in [-0.2, -0.15) is 5.26 Å². The molecule has 1 aromatic heterocycles. The highest BCUT2D eigenvalue weighted by molar-refractivity contribution is 6.31. The molecule has 0 aliphatic rings. The molecule has 1 rings (SSSR count). The Labute approximate surface area is 82.9 Å². The van der Waals surface area contributed by atoms with Gasteiger partial charge in [0.05, 0.1) is 16.1 Å². The van der Waals surface area contributed by atoms with Crippen molar-refractivity contribution in [2.45, 2.75) is 6.43 Å². The van der Waals surface area contributed by atoms with Gasteiger partial charge < -0.3 is 0 Å². The molecule has 0 saturated heterocycles. The first-order valence-corrected chi connectivity index (χ1v) is 3.81. The van der Waals surface area contributed by atoms with Crippen LogP contribution in [0.2, 0.25) is 5.02 Å². The number of alkyl halides is 2. The molecule has 0 unspecified atom stereocenters. The van der Waals surface area contributed by atoms with E-state index in [1.54, 1.807) is 0 Å². The Morgan fingerprint density at radius 3 is 2.71 bits per heavy atom. The van der Waals surface area contributed by atoms with Crippen molar-refractivity contribution in [3.8, 4) is 6.07 Å². The lowest BCUT2D eigenvalue weighted by molar-refractivity contribution is 0.110. The van der Waals surface area contributed by atoms with E-state index in [1.165, 1.54) is 6.07 Å². The number of pyridine rings is 1. The summed E-state index contributed by atoms with van der Waals surface area (Å²) >= 11 is 5.47. The van der Waals surface area contributed by atoms with E-state index in [0.29, 0.717) is 0 Å². The van der Waals surface area contributed by atoms with Gasteiger partial charge in [-0.25, -0.2) is 8.78 Å². The van der Waals surface area contributed by atoms with Gasteiger partial charge in [0.2, 0.25) is 0 Å². The van der Waals surface area contributed by atoms with Crippen LogP contribution in [-0.4, -0.2) is 11.3 Å². The van der Waals surface area contributed by atoms with Crippen molar-refractivity contribution in [3.63, 3.8) is 0 Å². The van der Waals surface area contributed by atoms with Crippen LogP contribution in [0.1, 0.15) is 28.0 Å². The third-order valence-electron chi connectivity index (χ3n) is 1.54. The predicted octanol–water partition coefficient (Wildman–Crippen LogP) is 2.36. The average molecular weight is 217 g/mol. The maximum Gasteiger partial charge on any atom is 0.267 e. The number of nitriles is 1. The van der Waals surface area contributed by atoms with E-state index in [4.69, 9.17) is 16.9 Å². The van der Waals surface area contributed by atoms with Gasteiger partial charge in [0.15, 0.2) is 6.29 Å². The molecule has 0 radical (unpaired) electrons. The summed E-state index contributed by atoms with van der Waals surface area (Å²) in [5, 5.41) is 8.37. The molecule has 0 bridgehead atoms. The van der Waals surface area contributed by atoms with Gasteiger partial charge in [-0.1, -0.05) is 11.6 Å². The smallest absolute Gasteiger partial charge is 0.267 e. The van der Waals surface area contributed by atoms with E-state index in [0.717, 1.165) is 6.20 Å². The fraction of sp³-hybridized carbons (Fsp3) is 0.125. The van der Waals surface area contributed by atoms with Crippen LogP contribution < -0.4 is 0 Å². The van der Waals surface area contributed by atoms with Crippen molar-refractivity contribution < 1.29 is 13.6 Å². The molecule has 6 heteroatoms. The van der Waals surface area contributed by atoms with Crippen LogP contribution in [0.15, 0.2) is 6.20 Å². The second-order valence-electron chi connectivity index (χ2n) is 2.31. The minimum Gasteiger partial charge on any atom is -0.296 e. The highest BCUT2D eigenvalue weighted by Crippen LogP contribution is 2.28. The lowest BCUT2D eigenvalue weighted by Gasteiger charge is -2.05. The predicted molar refractivity (Wildman–Crippen MR) is 44.3 cm³/mol. The molecular formula is C8H3ClF2N2O. The first kappa shape index (κ1) is 10.5. The van der Waals surface area contributed by atoms with Crippen molar-refractivity contribution in [3.05, 3.63) is 28.0 Å². The molecule has 0 atom stereocenters. The summed E-state index contributed by atoms with van der Waals surface area (Å²) in [6.45, 7) is 0. The molecule has 0 saturated carbocycles. The molecule has 72 valence electrons. The molecule has 14 heavy (non-hydrogen) atoms. The van der Waals surface area contributed by atoms with Gasteiger partial charge in [0, 0.05) is 6.20 Å². The normalized spacial score (nSPS) is 9.93. The van der Waals surface area contributed by atoms with Crippen molar-refractivity contribution in [2.24, 2.45) is 0 Å². The topological polar surface area (TPSA) is 53.8 Å². The quantitative estimate of drug-likeness (QED) is 0.713. The minimum atomic E-state index is -2.95. The molecule has 0 aliphatic carbocycles. The second-order valence-corrected chi connectivity index (χ2v) is 2.72. The Bertz CT molecular complexity index is 415. The van der Waals surface area contributed by atoms with Crippen molar-refractivity contribution in [2.75, 3.05) is 0 Å². The average Bonchev–Trinajstić information content (AvgIpc) is 2.17. The summed E-state index contributed by atoms with van der Waals surface area (Å²) in [7, 11) is 0. The summed E-state index contributed by atoms with van der Waals surface area (Å²) in [6.07, 6.45) is -1.79. The van der Waals surface area contributed by atoms with Crippen molar-refractivity contribution in [1.29, 1.82) is 5.26 Å². The summed E-state index contributed by atoms with van der Waals surface area (Å²) in [5.74, 6) is 0. The van der Waals surface area contributed by atoms with Crippen LogP contribution in [-0.2, 0) is 0 Å². The molecule has 0 fully saturated rings. The van der Waals surface area contributed by atoms with Gasteiger partial charge in [0.1, 0.15) is 11.8 Å². The van der Waals surface area contributed by atoms with E-state index in [9.17, 15) is 13.6 Å². The Kier molecular flexibility index (Phi) is 3.10. The fourth-order valence-electron chi connectivity index (χ4n) is 0.945. The number of rotatable bonds is 2. The Balaban J connectivity index is 3.54. The molecule has 1 aromatic rings. The summed E-state index contributed by atoms with van der Waals surface area (Å²) < 4.78 is 24.9. The molecular weight excluding hydrogens is 214 g/mol. The van der Waals surface area contributed by atoms with Crippen LogP contribution in [0.25, 0.3) is 0 Å². The van der Waals surface area contributed by atoms with Crippen molar-refractivity contribution in [1.82, 2.24) is 4.98 Å². The number of aldehydes is 1. The van der Waals surface area contributed by atoms with E-state index < -0.39 is 23.2 Å². The van der Waals surface area contributed by atoms with Gasteiger partial charge >= 0.3 is 0 Å². The monoisotopic (exact) mass is 216 g/mol. The maximum atomic E-state index is 12.4.